The molecule has 1 atom stereocenters. The smallest absolute Gasteiger partial charge is 0.421 e. The molecule has 3 N–H and O–H groups in total. The molecule has 0 aliphatic carbocycles. The van der Waals surface area contributed by atoms with Gasteiger partial charge in [-0.2, -0.15) is 13.1 Å². The highest BCUT2D eigenvalue weighted by molar-refractivity contribution is 7.88. The van der Waals surface area contributed by atoms with Gasteiger partial charge in [0.1, 0.15) is 6.04 Å². The van der Waals surface area contributed by atoms with E-state index in [9.17, 15) is 18.0 Å². The van der Waals surface area contributed by atoms with Crippen LogP contribution in [0.2, 0.25) is 0 Å². The zero-order valence-electron chi connectivity index (χ0n) is 10.0. The van der Waals surface area contributed by atoms with Gasteiger partial charge in [0, 0.05) is 13.7 Å². The fourth-order valence-corrected chi connectivity index (χ4v) is 1.99. The average Bonchev–Trinajstić information content (AvgIpc) is 2.26. The molecule has 0 bridgehead atoms. The molecule has 1 unspecified atom stereocenters. The van der Waals surface area contributed by atoms with Gasteiger partial charge < -0.3 is 14.6 Å². The van der Waals surface area contributed by atoms with E-state index in [1.807, 2.05) is 4.72 Å². The van der Waals surface area contributed by atoms with Crippen molar-refractivity contribution in [3.63, 3.8) is 0 Å². The molecule has 9 nitrogen and oxygen atoms in total. The number of carbonyl (C=O) groups excluding carboxylic acids is 1. The molecule has 0 radical (unpaired) electrons. The molecular formula is C8H16N2O7S. The quantitative estimate of drug-likeness (QED) is 0.490. The summed E-state index contributed by atoms with van der Waals surface area (Å²) in [6.07, 6.45) is -0.817. The molecular weight excluding hydrogens is 268 g/mol. The summed E-state index contributed by atoms with van der Waals surface area (Å²) in [6.45, 7) is 0.302. The predicted octanol–water partition coefficient (Wildman–Crippen LogP) is -0.943. The monoisotopic (exact) mass is 284 g/mol. The van der Waals surface area contributed by atoms with Crippen LogP contribution in [-0.2, 0) is 24.5 Å². The summed E-state index contributed by atoms with van der Waals surface area (Å²) in [7, 11) is -1.84. The molecule has 0 spiro atoms. The predicted molar refractivity (Wildman–Crippen MR) is 60.1 cm³/mol. The standard InChI is InChI=1S/C8H16N2O7S/c1-16-5-3-4-6(7(11)12)9-18(14,15)10-8(13)17-2/h6,9H,3-5H2,1-2H3,(H,10,13)(H,11,12). The number of hydrogen-bond donors (Lipinski definition) is 3. The van der Waals surface area contributed by atoms with Gasteiger partial charge in [0.2, 0.25) is 0 Å². The van der Waals surface area contributed by atoms with E-state index in [1.165, 1.54) is 11.8 Å². The Kier molecular flexibility index (Phi) is 7.24. The van der Waals surface area contributed by atoms with Gasteiger partial charge in [-0.05, 0) is 12.8 Å². The second-order valence-corrected chi connectivity index (χ2v) is 4.69. The molecule has 0 aromatic heterocycles. The summed E-state index contributed by atoms with van der Waals surface area (Å²) in [5.74, 6) is -1.35. The maximum absolute atomic E-state index is 11.3. The molecule has 0 aromatic rings. The summed E-state index contributed by atoms with van der Waals surface area (Å²) >= 11 is 0. The third kappa shape index (κ3) is 7.04. The van der Waals surface area contributed by atoms with E-state index < -0.39 is 28.3 Å². The van der Waals surface area contributed by atoms with Crippen molar-refractivity contribution in [2.75, 3.05) is 20.8 Å². The van der Waals surface area contributed by atoms with Crippen LogP contribution in [0.3, 0.4) is 0 Å². The Morgan fingerprint density at radius 3 is 2.39 bits per heavy atom. The second-order valence-electron chi connectivity index (χ2n) is 3.24. The van der Waals surface area contributed by atoms with E-state index in [0.717, 1.165) is 7.11 Å². The lowest BCUT2D eigenvalue weighted by Crippen LogP contribution is -2.48. The third-order valence-corrected chi connectivity index (χ3v) is 2.87. The van der Waals surface area contributed by atoms with Gasteiger partial charge in [0.05, 0.1) is 7.11 Å². The van der Waals surface area contributed by atoms with Crippen LogP contribution in [0, 0.1) is 0 Å². The first-order chi connectivity index (χ1) is 8.32. The number of amides is 1. The van der Waals surface area contributed by atoms with Gasteiger partial charge in [-0.3, -0.25) is 4.79 Å². The average molecular weight is 284 g/mol. The zero-order valence-corrected chi connectivity index (χ0v) is 10.8. The van der Waals surface area contributed by atoms with E-state index >= 15 is 0 Å². The lowest BCUT2D eigenvalue weighted by molar-refractivity contribution is -0.139. The van der Waals surface area contributed by atoms with Crippen LogP contribution in [0.4, 0.5) is 4.79 Å². The van der Waals surface area contributed by atoms with Gasteiger partial charge in [0.15, 0.2) is 0 Å². The molecule has 10 heteroatoms. The van der Waals surface area contributed by atoms with Crippen molar-refractivity contribution in [2.24, 2.45) is 0 Å². The summed E-state index contributed by atoms with van der Waals surface area (Å²) < 4.78 is 34.8. The van der Waals surface area contributed by atoms with Crippen molar-refractivity contribution < 1.29 is 32.6 Å². The lowest BCUT2D eigenvalue weighted by atomic mass is 10.2. The van der Waals surface area contributed by atoms with Crippen LogP contribution in [0.15, 0.2) is 0 Å². The van der Waals surface area contributed by atoms with Gasteiger partial charge >= 0.3 is 22.3 Å². The Hall–Kier alpha value is -1.39. The van der Waals surface area contributed by atoms with Crippen molar-refractivity contribution in [1.29, 1.82) is 0 Å². The highest BCUT2D eigenvalue weighted by atomic mass is 32.2. The molecule has 0 heterocycles. The second kappa shape index (κ2) is 7.84. The number of hydrogen-bond acceptors (Lipinski definition) is 6. The van der Waals surface area contributed by atoms with Crippen LogP contribution in [0.5, 0.6) is 0 Å². The Labute approximate surface area is 105 Å². The van der Waals surface area contributed by atoms with Crippen LogP contribution in [0.25, 0.3) is 0 Å². The minimum Gasteiger partial charge on any atom is -0.480 e. The molecule has 106 valence electrons. The van der Waals surface area contributed by atoms with Crippen LogP contribution in [0.1, 0.15) is 12.8 Å². The Balaban J connectivity index is 4.47. The number of carboxylic acids is 1. The number of aliphatic carboxylic acids is 1. The van der Waals surface area contributed by atoms with E-state index in [-0.39, 0.29) is 6.42 Å². The number of nitrogens with one attached hydrogen (secondary N) is 2. The minimum atomic E-state index is -4.27. The third-order valence-electron chi connectivity index (χ3n) is 1.84. The highest BCUT2D eigenvalue weighted by Gasteiger charge is 2.25. The normalized spacial score (nSPS) is 12.8. The van der Waals surface area contributed by atoms with Crippen molar-refractivity contribution >= 4 is 22.3 Å². The SMILES string of the molecule is COCCCC(NS(=O)(=O)NC(=O)OC)C(=O)O. The molecule has 18 heavy (non-hydrogen) atoms. The van der Waals surface area contributed by atoms with Crippen molar-refractivity contribution in [2.45, 2.75) is 18.9 Å². The fourth-order valence-electron chi connectivity index (χ4n) is 1.03. The molecule has 0 aliphatic rings. The molecule has 0 saturated heterocycles. The van der Waals surface area contributed by atoms with Gasteiger partial charge in [0.25, 0.3) is 0 Å². The Bertz CT molecular complexity index is 381. The highest BCUT2D eigenvalue weighted by Crippen LogP contribution is 2.00. The number of carbonyl (C=O) groups is 2. The number of carboxylic acid groups (broad SMARTS) is 1. The molecule has 0 aliphatic heterocycles. The summed E-state index contributed by atoms with van der Waals surface area (Å²) in [5.41, 5.74) is 0. The van der Waals surface area contributed by atoms with Crippen LogP contribution in [-0.4, -0.2) is 52.5 Å². The zero-order chi connectivity index (χ0) is 14.2. The number of ether oxygens (including phenoxy) is 2. The fraction of sp³-hybridized carbons (Fsp3) is 0.750. The number of methoxy groups -OCH3 is 2. The van der Waals surface area contributed by atoms with Gasteiger partial charge in [-0.15, -0.1) is 0 Å². The topological polar surface area (TPSA) is 131 Å². The minimum absolute atomic E-state index is 0.0330. The maximum atomic E-state index is 11.3. The summed E-state index contributed by atoms with van der Waals surface area (Å²) in [5, 5.41) is 8.82. The first kappa shape index (κ1) is 16.6. The van der Waals surface area contributed by atoms with E-state index in [2.05, 4.69) is 4.74 Å². The van der Waals surface area contributed by atoms with Gasteiger partial charge in [-0.25, -0.2) is 9.52 Å². The summed E-state index contributed by atoms with van der Waals surface area (Å²) in [4.78, 5) is 21.5. The maximum Gasteiger partial charge on any atom is 0.421 e. The summed E-state index contributed by atoms with van der Waals surface area (Å²) in [6, 6.07) is -1.35. The molecule has 0 fully saturated rings. The van der Waals surface area contributed by atoms with Crippen molar-refractivity contribution in [1.82, 2.24) is 9.44 Å². The first-order valence-corrected chi connectivity index (χ1v) is 6.40. The number of rotatable bonds is 8. The molecule has 0 saturated carbocycles. The Morgan fingerprint density at radius 2 is 1.94 bits per heavy atom. The largest absolute Gasteiger partial charge is 0.480 e. The van der Waals surface area contributed by atoms with Gasteiger partial charge in [-0.1, -0.05) is 0 Å². The van der Waals surface area contributed by atoms with Crippen molar-refractivity contribution in [3.8, 4) is 0 Å². The van der Waals surface area contributed by atoms with Crippen LogP contribution >= 0.6 is 0 Å². The molecule has 0 aromatic carbocycles. The lowest BCUT2D eigenvalue weighted by Gasteiger charge is -2.14. The van der Waals surface area contributed by atoms with E-state index in [1.54, 1.807) is 0 Å². The van der Waals surface area contributed by atoms with Crippen molar-refractivity contribution in [3.05, 3.63) is 0 Å². The van der Waals surface area contributed by atoms with E-state index in [4.69, 9.17) is 9.84 Å². The molecule has 1 amide bonds. The van der Waals surface area contributed by atoms with E-state index in [0.29, 0.717) is 13.0 Å². The Morgan fingerprint density at radius 1 is 1.33 bits per heavy atom. The first-order valence-electron chi connectivity index (χ1n) is 4.92. The van der Waals surface area contributed by atoms with Crippen LogP contribution < -0.4 is 9.44 Å². The molecule has 0 rings (SSSR count).